The summed E-state index contributed by atoms with van der Waals surface area (Å²) in [6, 6.07) is 11.0. The molecule has 1 aromatic heterocycles. The van der Waals surface area contributed by atoms with Gasteiger partial charge in [0.25, 0.3) is 0 Å². The zero-order valence-corrected chi connectivity index (χ0v) is 11.9. The molecule has 0 unspecified atom stereocenters. The maximum absolute atomic E-state index is 13.7. The Labute approximate surface area is 126 Å². The molecule has 0 aliphatic rings. The van der Waals surface area contributed by atoms with Crippen molar-refractivity contribution in [3.05, 3.63) is 65.1 Å². The number of rotatable bonds is 3. The molecule has 2 N–H and O–H groups in total. The average molecular weight is 299 g/mol. The van der Waals surface area contributed by atoms with Crippen LogP contribution in [0, 0.1) is 12.7 Å². The van der Waals surface area contributed by atoms with Crippen LogP contribution in [0.4, 0.5) is 4.39 Å². The van der Waals surface area contributed by atoms with Crippen LogP contribution < -0.4 is 0 Å². The predicted molar refractivity (Wildman–Crippen MR) is 80.8 cm³/mol. The summed E-state index contributed by atoms with van der Waals surface area (Å²) in [6.45, 7) is 1.92. The molecule has 3 rings (SSSR count). The van der Waals surface area contributed by atoms with Gasteiger partial charge in [-0.1, -0.05) is 12.1 Å². The fourth-order valence-electron chi connectivity index (χ4n) is 2.52. The largest absolute Gasteiger partial charge is 0.508 e. The molecule has 1 heterocycles. The highest BCUT2D eigenvalue weighted by Gasteiger charge is 2.15. The summed E-state index contributed by atoms with van der Waals surface area (Å²) in [5.74, 6) is -1.31. The van der Waals surface area contributed by atoms with Crippen molar-refractivity contribution < 1.29 is 19.4 Å². The van der Waals surface area contributed by atoms with E-state index in [1.54, 1.807) is 29.7 Å². The molecule has 0 amide bonds. The summed E-state index contributed by atoms with van der Waals surface area (Å²) in [7, 11) is 0. The minimum atomic E-state index is -1.07. The van der Waals surface area contributed by atoms with E-state index in [4.69, 9.17) is 0 Å². The average Bonchev–Trinajstić information content (AvgIpc) is 2.81. The number of aromatic nitrogens is 1. The molecule has 0 saturated carbocycles. The molecule has 0 aliphatic carbocycles. The summed E-state index contributed by atoms with van der Waals surface area (Å²) in [5, 5.41) is 19.5. The van der Waals surface area contributed by atoms with Gasteiger partial charge in [-0.25, -0.2) is 9.18 Å². The Morgan fingerprint density at radius 3 is 2.64 bits per heavy atom. The van der Waals surface area contributed by atoms with E-state index >= 15 is 0 Å². The number of phenols is 1. The van der Waals surface area contributed by atoms with Gasteiger partial charge in [0.2, 0.25) is 0 Å². The second kappa shape index (κ2) is 5.18. The van der Waals surface area contributed by atoms with Crippen molar-refractivity contribution in [2.24, 2.45) is 0 Å². The van der Waals surface area contributed by atoms with E-state index in [2.05, 4.69) is 0 Å². The Hall–Kier alpha value is -2.82. The summed E-state index contributed by atoms with van der Waals surface area (Å²) in [5.41, 5.74) is 2.00. The van der Waals surface area contributed by atoms with Gasteiger partial charge in [0.1, 0.15) is 17.3 Å². The fraction of sp³-hybridized carbons (Fsp3) is 0.118. The van der Waals surface area contributed by atoms with Crippen molar-refractivity contribution in [3.8, 4) is 5.75 Å². The monoisotopic (exact) mass is 299 g/mol. The van der Waals surface area contributed by atoms with Crippen LogP contribution in [0.1, 0.15) is 21.6 Å². The van der Waals surface area contributed by atoms with Gasteiger partial charge in [0, 0.05) is 17.4 Å². The number of hydrogen-bond donors (Lipinski definition) is 2. The number of carboxylic acids is 1. The third-order valence-electron chi connectivity index (χ3n) is 3.68. The number of aromatic hydroxyl groups is 1. The lowest BCUT2D eigenvalue weighted by Crippen LogP contribution is -2.09. The van der Waals surface area contributed by atoms with Gasteiger partial charge in [0.15, 0.2) is 0 Å². The molecule has 0 bridgehead atoms. The summed E-state index contributed by atoms with van der Waals surface area (Å²) >= 11 is 0. The number of nitrogens with zero attached hydrogens (tertiary/aromatic N) is 1. The van der Waals surface area contributed by atoms with Crippen molar-refractivity contribution in [3.63, 3.8) is 0 Å². The normalized spacial score (nSPS) is 11.0. The Morgan fingerprint density at radius 1 is 1.18 bits per heavy atom. The first-order chi connectivity index (χ1) is 10.5. The van der Waals surface area contributed by atoms with Crippen LogP contribution in [0.25, 0.3) is 10.9 Å². The lowest BCUT2D eigenvalue weighted by molar-refractivity contribution is 0.0686. The summed E-state index contributed by atoms with van der Waals surface area (Å²) in [6.07, 6.45) is 0. The number of carbonyl (C=O) groups is 1. The first kappa shape index (κ1) is 14.1. The van der Waals surface area contributed by atoms with Crippen LogP contribution in [-0.2, 0) is 6.54 Å². The Balaban J connectivity index is 2.13. The first-order valence-electron chi connectivity index (χ1n) is 6.76. The smallest absolute Gasteiger partial charge is 0.352 e. The van der Waals surface area contributed by atoms with Crippen LogP contribution in [0.15, 0.2) is 42.5 Å². The zero-order valence-electron chi connectivity index (χ0n) is 11.9. The molecule has 0 atom stereocenters. The molecule has 0 radical (unpaired) electrons. The quantitative estimate of drug-likeness (QED) is 0.777. The predicted octanol–water partition coefficient (Wildman–Crippen LogP) is 3.54. The molecular formula is C17H14FNO3. The molecule has 2 aromatic carbocycles. The number of carboxylic acid groups (broad SMARTS) is 1. The SMILES string of the molecule is Cc1ccc(Cn2c(C(=O)O)cc3cc(O)ccc32)cc1F. The van der Waals surface area contributed by atoms with E-state index in [-0.39, 0.29) is 23.8 Å². The second-order valence-corrected chi connectivity index (χ2v) is 5.25. The molecule has 3 aromatic rings. The van der Waals surface area contributed by atoms with Gasteiger partial charge in [-0.2, -0.15) is 0 Å². The number of benzene rings is 2. The Kier molecular flexibility index (Phi) is 3.33. The topological polar surface area (TPSA) is 62.5 Å². The molecular weight excluding hydrogens is 285 g/mol. The van der Waals surface area contributed by atoms with E-state index in [1.165, 1.54) is 24.3 Å². The molecule has 0 saturated heterocycles. The number of fused-ring (bicyclic) bond motifs is 1. The summed E-state index contributed by atoms with van der Waals surface area (Å²) in [4.78, 5) is 11.4. The van der Waals surface area contributed by atoms with E-state index in [9.17, 15) is 19.4 Å². The lowest BCUT2D eigenvalue weighted by atomic mass is 10.1. The number of phenolic OH excluding ortho intramolecular Hbond substituents is 1. The molecule has 0 aliphatic heterocycles. The lowest BCUT2D eigenvalue weighted by Gasteiger charge is -2.09. The van der Waals surface area contributed by atoms with Gasteiger partial charge in [0.05, 0.1) is 0 Å². The Morgan fingerprint density at radius 2 is 1.95 bits per heavy atom. The maximum Gasteiger partial charge on any atom is 0.352 e. The first-order valence-corrected chi connectivity index (χ1v) is 6.76. The Bertz CT molecular complexity index is 883. The third-order valence-corrected chi connectivity index (χ3v) is 3.68. The minimum Gasteiger partial charge on any atom is -0.508 e. The molecule has 4 nitrogen and oxygen atoms in total. The highest BCUT2D eigenvalue weighted by Crippen LogP contribution is 2.25. The van der Waals surface area contributed by atoms with E-state index in [1.807, 2.05) is 0 Å². The number of aryl methyl sites for hydroxylation is 1. The molecule has 22 heavy (non-hydrogen) atoms. The molecule has 5 heteroatoms. The van der Waals surface area contributed by atoms with Gasteiger partial charge in [-0.05, 0) is 48.4 Å². The number of hydrogen-bond acceptors (Lipinski definition) is 2. The van der Waals surface area contributed by atoms with Crippen LogP contribution in [0.5, 0.6) is 5.75 Å². The van der Waals surface area contributed by atoms with Crippen molar-refractivity contribution in [2.45, 2.75) is 13.5 Å². The number of halogens is 1. The zero-order chi connectivity index (χ0) is 15.9. The van der Waals surface area contributed by atoms with Gasteiger partial charge in [-0.3, -0.25) is 0 Å². The van der Waals surface area contributed by atoms with Crippen molar-refractivity contribution >= 4 is 16.9 Å². The highest BCUT2D eigenvalue weighted by molar-refractivity contribution is 5.95. The minimum absolute atomic E-state index is 0.0722. The molecule has 0 fully saturated rings. The summed E-state index contributed by atoms with van der Waals surface area (Å²) < 4.78 is 15.3. The van der Waals surface area contributed by atoms with Crippen LogP contribution in [0.2, 0.25) is 0 Å². The van der Waals surface area contributed by atoms with Crippen molar-refractivity contribution in [2.75, 3.05) is 0 Å². The van der Waals surface area contributed by atoms with E-state index in [0.29, 0.717) is 22.0 Å². The molecule has 0 spiro atoms. The van der Waals surface area contributed by atoms with Crippen LogP contribution in [0.3, 0.4) is 0 Å². The molecule has 112 valence electrons. The highest BCUT2D eigenvalue weighted by atomic mass is 19.1. The fourth-order valence-corrected chi connectivity index (χ4v) is 2.52. The number of aromatic carboxylic acids is 1. The standard InChI is InChI=1S/C17H14FNO3/c1-10-2-3-11(6-14(10)18)9-19-15-5-4-13(20)7-12(15)8-16(19)17(21)22/h2-8,20H,9H2,1H3,(H,21,22). The van der Waals surface area contributed by atoms with Gasteiger partial charge < -0.3 is 14.8 Å². The maximum atomic E-state index is 13.7. The van der Waals surface area contributed by atoms with Crippen LogP contribution >= 0.6 is 0 Å². The van der Waals surface area contributed by atoms with E-state index < -0.39 is 5.97 Å². The van der Waals surface area contributed by atoms with Crippen LogP contribution in [-0.4, -0.2) is 20.7 Å². The van der Waals surface area contributed by atoms with Gasteiger partial charge >= 0.3 is 5.97 Å². The van der Waals surface area contributed by atoms with Gasteiger partial charge in [-0.15, -0.1) is 0 Å². The van der Waals surface area contributed by atoms with E-state index in [0.717, 1.165) is 0 Å². The van der Waals surface area contributed by atoms with Crippen molar-refractivity contribution in [1.29, 1.82) is 0 Å². The second-order valence-electron chi connectivity index (χ2n) is 5.25. The third kappa shape index (κ3) is 2.41. The van der Waals surface area contributed by atoms with Crippen molar-refractivity contribution in [1.82, 2.24) is 4.57 Å².